The third-order valence-electron chi connectivity index (χ3n) is 3.37. The van der Waals surface area contributed by atoms with Crippen LogP contribution in [0.5, 0.6) is 0 Å². The first-order chi connectivity index (χ1) is 9.44. The quantitative estimate of drug-likeness (QED) is 0.918. The zero-order valence-electron chi connectivity index (χ0n) is 11.8. The van der Waals surface area contributed by atoms with Crippen molar-refractivity contribution in [2.45, 2.75) is 25.9 Å². The highest BCUT2D eigenvalue weighted by Crippen LogP contribution is 2.26. The van der Waals surface area contributed by atoms with E-state index in [-0.39, 0.29) is 12.1 Å². The number of aliphatic hydroxyl groups excluding tert-OH is 1. The lowest BCUT2D eigenvalue weighted by Gasteiger charge is -2.32. The Morgan fingerprint density at radius 2 is 2.05 bits per heavy atom. The van der Waals surface area contributed by atoms with Gasteiger partial charge in [0.1, 0.15) is 0 Å². The molecule has 0 atom stereocenters. The number of halogens is 1. The molecule has 20 heavy (non-hydrogen) atoms. The molecule has 1 aromatic heterocycles. The van der Waals surface area contributed by atoms with E-state index in [9.17, 15) is 5.11 Å². The third kappa shape index (κ3) is 3.17. The number of rotatable bonds is 5. The Bertz CT molecular complexity index is 583. The minimum atomic E-state index is -0.342. The van der Waals surface area contributed by atoms with Gasteiger partial charge in [-0.25, -0.2) is 0 Å². The molecule has 1 aromatic carbocycles. The van der Waals surface area contributed by atoms with Crippen LogP contribution in [0, 0.1) is 0 Å². The first-order valence-electron chi connectivity index (χ1n) is 6.33. The van der Waals surface area contributed by atoms with Crippen LogP contribution in [-0.2, 0) is 6.54 Å². The summed E-state index contributed by atoms with van der Waals surface area (Å²) in [7, 11) is 1.90. The smallest absolute Gasteiger partial charge is 0.259 e. The first-order valence-corrected chi connectivity index (χ1v) is 6.71. The Hall–Kier alpha value is -1.43. The van der Waals surface area contributed by atoms with Crippen molar-refractivity contribution >= 4 is 11.6 Å². The van der Waals surface area contributed by atoms with Gasteiger partial charge in [-0.05, 0) is 33.0 Å². The summed E-state index contributed by atoms with van der Waals surface area (Å²) >= 11 is 6.10. The summed E-state index contributed by atoms with van der Waals surface area (Å²) < 4.78 is 5.24. The molecule has 0 bridgehead atoms. The minimum absolute atomic E-state index is 0.0543. The van der Waals surface area contributed by atoms with Gasteiger partial charge < -0.3 is 9.63 Å². The van der Waals surface area contributed by atoms with E-state index in [0.717, 1.165) is 5.56 Å². The highest BCUT2D eigenvalue weighted by atomic mass is 35.5. The van der Waals surface area contributed by atoms with Crippen LogP contribution in [0.4, 0.5) is 0 Å². The predicted octanol–water partition coefficient (Wildman–Crippen LogP) is 2.59. The molecule has 0 saturated heterocycles. The fourth-order valence-electron chi connectivity index (χ4n) is 1.61. The van der Waals surface area contributed by atoms with Crippen molar-refractivity contribution in [3.63, 3.8) is 0 Å². The molecule has 0 unspecified atom stereocenters. The zero-order chi connectivity index (χ0) is 14.8. The molecule has 0 aliphatic rings. The Morgan fingerprint density at radius 3 is 2.70 bits per heavy atom. The van der Waals surface area contributed by atoms with Crippen molar-refractivity contribution in [2.24, 2.45) is 0 Å². The van der Waals surface area contributed by atoms with Gasteiger partial charge in [0.05, 0.1) is 23.7 Å². The van der Waals surface area contributed by atoms with Gasteiger partial charge >= 0.3 is 0 Å². The lowest BCUT2D eigenvalue weighted by molar-refractivity contribution is 0.0708. The number of benzene rings is 1. The maximum atomic E-state index is 9.34. The topological polar surface area (TPSA) is 62.4 Å². The number of aromatic nitrogens is 2. The molecule has 0 aliphatic heterocycles. The molecular formula is C14H18ClN3O2. The lowest BCUT2D eigenvalue weighted by atomic mass is 10.1. The van der Waals surface area contributed by atoms with E-state index in [4.69, 9.17) is 16.1 Å². The summed E-state index contributed by atoms with van der Waals surface area (Å²) in [6.07, 6.45) is 0. The molecule has 0 spiro atoms. The Balaban J connectivity index is 2.16. The Labute approximate surface area is 123 Å². The van der Waals surface area contributed by atoms with Crippen LogP contribution in [0.3, 0.4) is 0 Å². The van der Waals surface area contributed by atoms with Crippen LogP contribution < -0.4 is 0 Å². The number of aliphatic hydroxyl groups is 1. The molecule has 0 aliphatic carbocycles. The van der Waals surface area contributed by atoms with E-state index in [1.807, 2.05) is 44.0 Å². The average molecular weight is 296 g/mol. The van der Waals surface area contributed by atoms with E-state index in [1.54, 1.807) is 6.07 Å². The van der Waals surface area contributed by atoms with Crippen LogP contribution >= 0.6 is 11.6 Å². The largest absolute Gasteiger partial charge is 0.394 e. The van der Waals surface area contributed by atoms with Gasteiger partial charge in [0, 0.05) is 5.54 Å². The van der Waals surface area contributed by atoms with Crippen LogP contribution in [0.15, 0.2) is 28.8 Å². The highest BCUT2D eigenvalue weighted by molar-refractivity contribution is 6.33. The van der Waals surface area contributed by atoms with E-state index in [2.05, 4.69) is 10.1 Å². The molecule has 0 fully saturated rings. The molecule has 0 amide bonds. The van der Waals surface area contributed by atoms with Gasteiger partial charge in [0.25, 0.3) is 5.89 Å². The molecular weight excluding hydrogens is 278 g/mol. The SMILES string of the molecule is CN(Cc1noc(-c2ccccc2Cl)n1)C(C)(C)CO. The second-order valence-electron chi connectivity index (χ2n) is 5.32. The molecule has 108 valence electrons. The van der Waals surface area contributed by atoms with Gasteiger partial charge in [-0.15, -0.1) is 0 Å². The van der Waals surface area contributed by atoms with E-state index in [1.165, 1.54) is 0 Å². The molecule has 2 aromatic rings. The normalized spacial score (nSPS) is 12.1. The van der Waals surface area contributed by atoms with Crippen molar-refractivity contribution in [1.29, 1.82) is 0 Å². The van der Waals surface area contributed by atoms with Crippen LogP contribution in [-0.4, -0.2) is 39.3 Å². The zero-order valence-corrected chi connectivity index (χ0v) is 12.6. The molecule has 0 saturated carbocycles. The van der Waals surface area contributed by atoms with Crippen LogP contribution in [0.2, 0.25) is 5.02 Å². The van der Waals surface area contributed by atoms with E-state index in [0.29, 0.717) is 23.3 Å². The number of hydrogen-bond acceptors (Lipinski definition) is 5. The van der Waals surface area contributed by atoms with Crippen molar-refractivity contribution in [1.82, 2.24) is 15.0 Å². The van der Waals surface area contributed by atoms with Crippen LogP contribution in [0.1, 0.15) is 19.7 Å². The molecule has 6 heteroatoms. The molecule has 1 N–H and O–H groups in total. The van der Waals surface area contributed by atoms with Crippen molar-refractivity contribution < 1.29 is 9.63 Å². The van der Waals surface area contributed by atoms with Crippen molar-refractivity contribution in [3.05, 3.63) is 35.1 Å². The Morgan fingerprint density at radius 1 is 1.35 bits per heavy atom. The summed E-state index contributed by atoms with van der Waals surface area (Å²) in [5.41, 5.74) is 0.377. The summed E-state index contributed by atoms with van der Waals surface area (Å²) in [5, 5.41) is 13.9. The average Bonchev–Trinajstić information content (AvgIpc) is 2.87. The lowest BCUT2D eigenvalue weighted by Crippen LogP contribution is -2.43. The maximum Gasteiger partial charge on any atom is 0.259 e. The standard InChI is InChI=1S/C14H18ClN3O2/c1-14(2,9-19)18(3)8-12-16-13(20-17-12)10-6-4-5-7-11(10)15/h4-7,19H,8-9H2,1-3H3. The van der Waals surface area contributed by atoms with Gasteiger partial charge in [-0.1, -0.05) is 28.9 Å². The first kappa shape index (κ1) is 15.0. The molecule has 1 heterocycles. The maximum absolute atomic E-state index is 9.34. The van der Waals surface area contributed by atoms with Crippen molar-refractivity contribution in [3.8, 4) is 11.5 Å². The number of nitrogens with zero attached hydrogens (tertiary/aromatic N) is 3. The monoisotopic (exact) mass is 295 g/mol. The van der Waals surface area contributed by atoms with Gasteiger partial charge in [0.15, 0.2) is 5.82 Å². The molecule has 5 nitrogen and oxygen atoms in total. The van der Waals surface area contributed by atoms with Crippen molar-refractivity contribution in [2.75, 3.05) is 13.7 Å². The number of hydrogen-bond donors (Lipinski definition) is 1. The summed E-state index contributed by atoms with van der Waals surface area (Å²) in [6, 6.07) is 7.33. The summed E-state index contributed by atoms with van der Waals surface area (Å²) in [4.78, 5) is 6.31. The molecule has 0 radical (unpaired) electrons. The van der Waals surface area contributed by atoms with Gasteiger partial charge in [0.2, 0.25) is 0 Å². The van der Waals surface area contributed by atoms with Crippen LogP contribution in [0.25, 0.3) is 11.5 Å². The van der Waals surface area contributed by atoms with Gasteiger partial charge in [-0.2, -0.15) is 4.98 Å². The van der Waals surface area contributed by atoms with E-state index < -0.39 is 0 Å². The summed E-state index contributed by atoms with van der Waals surface area (Å²) in [6.45, 7) is 4.43. The predicted molar refractivity (Wildman–Crippen MR) is 77.4 cm³/mol. The van der Waals surface area contributed by atoms with E-state index >= 15 is 0 Å². The third-order valence-corrected chi connectivity index (χ3v) is 3.70. The second kappa shape index (κ2) is 5.91. The second-order valence-corrected chi connectivity index (χ2v) is 5.73. The van der Waals surface area contributed by atoms with Gasteiger partial charge in [-0.3, -0.25) is 4.90 Å². The fourth-order valence-corrected chi connectivity index (χ4v) is 1.83. The fraction of sp³-hybridized carbons (Fsp3) is 0.429. The highest BCUT2D eigenvalue weighted by Gasteiger charge is 2.24. The minimum Gasteiger partial charge on any atom is -0.394 e. The number of likely N-dealkylation sites (N-methyl/N-ethyl adjacent to an activating group) is 1. The molecule has 2 rings (SSSR count). The Kier molecular flexibility index (Phi) is 4.42. The summed E-state index contributed by atoms with van der Waals surface area (Å²) in [5.74, 6) is 0.963.